The van der Waals surface area contributed by atoms with Crippen molar-refractivity contribution in [3.8, 4) is 0 Å². The van der Waals surface area contributed by atoms with Gasteiger partial charge in [-0.25, -0.2) is 0 Å². The molecule has 3 rings (SSSR count). The van der Waals surface area contributed by atoms with E-state index in [1.807, 2.05) is 6.07 Å². The van der Waals surface area contributed by atoms with Gasteiger partial charge in [0, 0.05) is 17.5 Å². The number of rotatable bonds is 3. The highest BCUT2D eigenvalue weighted by atomic mass is 35.5. The Labute approximate surface area is 132 Å². The van der Waals surface area contributed by atoms with Gasteiger partial charge in [-0.2, -0.15) is 0 Å². The molecule has 2 aromatic rings. The fourth-order valence-electron chi connectivity index (χ4n) is 3.35. The van der Waals surface area contributed by atoms with Crippen molar-refractivity contribution < 1.29 is 0 Å². The summed E-state index contributed by atoms with van der Waals surface area (Å²) >= 11 is 6.18. The fourth-order valence-corrected chi connectivity index (χ4v) is 3.54. The Balaban J connectivity index is 1.90. The Hall–Kier alpha value is -1.31. The molecule has 2 atom stereocenters. The van der Waals surface area contributed by atoms with Gasteiger partial charge >= 0.3 is 0 Å². The van der Waals surface area contributed by atoms with E-state index < -0.39 is 0 Å². The first kappa shape index (κ1) is 14.6. The van der Waals surface area contributed by atoms with Crippen LogP contribution in [0.5, 0.6) is 0 Å². The molecule has 2 unspecified atom stereocenters. The minimum absolute atomic E-state index is 0.505. The average molecular weight is 300 g/mol. The van der Waals surface area contributed by atoms with Gasteiger partial charge < -0.3 is 5.32 Å². The molecule has 1 saturated heterocycles. The van der Waals surface area contributed by atoms with Crippen LogP contribution in [0.3, 0.4) is 0 Å². The predicted molar refractivity (Wildman–Crippen MR) is 90.2 cm³/mol. The summed E-state index contributed by atoms with van der Waals surface area (Å²) in [6, 6.07) is 17.5. The number of aryl methyl sites for hydroxylation is 1. The summed E-state index contributed by atoms with van der Waals surface area (Å²) in [5.41, 5.74) is 4.21. The second kappa shape index (κ2) is 6.64. The molecule has 1 N–H and O–H groups in total. The van der Waals surface area contributed by atoms with Crippen LogP contribution in [0.1, 0.15) is 41.9 Å². The lowest BCUT2D eigenvalue weighted by Gasteiger charge is -2.33. The first-order valence-electron chi connectivity index (χ1n) is 7.83. The lowest BCUT2D eigenvalue weighted by molar-refractivity contribution is 0.404. The van der Waals surface area contributed by atoms with Crippen LogP contribution >= 0.6 is 11.6 Å². The quantitative estimate of drug-likeness (QED) is 0.861. The molecule has 1 nitrogen and oxygen atoms in total. The molecule has 0 bridgehead atoms. The molecule has 110 valence electrons. The summed E-state index contributed by atoms with van der Waals surface area (Å²) in [6.45, 7) is 4.33. The van der Waals surface area contributed by atoms with Crippen LogP contribution in [-0.4, -0.2) is 13.1 Å². The average Bonchev–Trinajstić information content (AvgIpc) is 2.55. The summed E-state index contributed by atoms with van der Waals surface area (Å²) < 4.78 is 0. The maximum Gasteiger partial charge on any atom is 0.0408 e. The van der Waals surface area contributed by atoms with Crippen LogP contribution in [0.4, 0.5) is 0 Å². The second-order valence-electron chi connectivity index (χ2n) is 5.86. The Morgan fingerprint density at radius 1 is 1.05 bits per heavy atom. The van der Waals surface area contributed by atoms with Crippen molar-refractivity contribution in [3.63, 3.8) is 0 Å². The maximum absolute atomic E-state index is 6.18. The van der Waals surface area contributed by atoms with Crippen LogP contribution in [0.2, 0.25) is 5.02 Å². The smallest absolute Gasteiger partial charge is 0.0408 e. The summed E-state index contributed by atoms with van der Waals surface area (Å²) in [5.74, 6) is 1.08. The number of halogens is 1. The molecule has 0 spiro atoms. The molecule has 2 aromatic carbocycles. The van der Waals surface area contributed by atoms with E-state index in [2.05, 4.69) is 54.7 Å². The minimum Gasteiger partial charge on any atom is -0.316 e. The summed E-state index contributed by atoms with van der Waals surface area (Å²) in [7, 11) is 0. The molecule has 1 aliphatic heterocycles. The summed E-state index contributed by atoms with van der Waals surface area (Å²) in [5, 5.41) is 4.36. The van der Waals surface area contributed by atoms with Gasteiger partial charge in [0.1, 0.15) is 0 Å². The SMILES string of the molecule is CCc1ccc(C2CCNCC2c2cccc(Cl)c2)cc1. The monoisotopic (exact) mass is 299 g/mol. The topological polar surface area (TPSA) is 12.0 Å². The highest BCUT2D eigenvalue weighted by Gasteiger charge is 2.27. The van der Waals surface area contributed by atoms with E-state index in [0.29, 0.717) is 11.8 Å². The van der Waals surface area contributed by atoms with E-state index >= 15 is 0 Å². The van der Waals surface area contributed by atoms with Crippen molar-refractivity contribution in [2.75, 3.05) is 13.1 Å². The van der Waals surface area contributed by atoms with E-state index in [-0.39, 0.29) is 0 Å². The highest BCUT2D eigenvalue weighted by molar-refractivity contribution is 6.30. The fraction of sp³-hybridized carbons (Fsp3) is 0.368. The van der Waals surface area contributed by atoms with Gasteiger partial charge in [-0.1, -0.05) is 54.9 Å². The number of nitrogens with one attached hydrogen (secondary N) is 1. The first-order valence-corrected chi connectivity index (χ1v) is 8.20. The third-order valence-electron chi connectivity index (χ3n) is 4.58. The van der Waals surface area contributed by atoms with E-state index in [1.165, 1.54) is 23.1 Å². The molecule has 1 heterocycles. The molecule has 0 radical (unpaired) electrons. The molecule has 0 aromatic heterocycles. The molecule has 0 aliphatic carbocycles. The normalized spacial score (nSPS) is 22.2. The van der Waals surface area contributed by atoms with Crippen LogP contribution in [0.25, 0.3) is 0 Å². The Bertz CT molecular complexity index is 591. The third-order valence-corrected chi connectivity index (χ3v) is 4.81. The van der Waals surface area contributed by atoms with Gasteiger partial charge in [0.15, 0.2) is 0 Å². The molecule has 1 aliphatic rings. The zero-order chi connectivity index (χ0) is 14.7. The summed E-state index contributed by atoms with van der Waals surface area (Å²) in [6.07, 6.45) is 2.28. The van der Waals surface area contributed by atoms with Crippen LogP contribution < -0.4 is 5.32 Å². The maximum atomic E-state index is 6.18. The van der Waals surface area contributed by atoms with Gasteiger partial charge in [-0.3, -0.25) is 0 Å². The predicted octanol–water partition coefficient (Wildman–Crippen LogP) is 4.76. The van der Waals surface area contributed by atoms with Crippen LogP contribution in [0.15, 0.2) is 48.5 Å². The molecular weight excluding hydrogens is 278 g/mol. The molecule has 1 fully saturated rings. The third kappa shape index (κ3) is 3.30. The standard InChI is InChI=1S/C19H22ClN/c1-2-14-6-8-15(9-7-14)18-10-11-21-13-19(18)16-4-3-5-17(20)12-16/h3-9,12,18-19,21H,2,10-11,13H2,1H3. The van der Waals surface area contributed by atoms with Crippen molar-refractivity contribution in [1.82, 2.24) is 5.32 Å². The number of hydrogen-bond acceptors (Lipinski definition) is 1. The number of piperidine rings is 1. The Morgan fingerprint density at radius 2 is 1.86 bits per heavy atom. The van der Waals surface area contributed by atoms with Gasteiger partial charge in [0.2, 0.25) is 0 Å². The van der Waals surface area contributed by atoms with E-state index in [9.17, 15) is 0 Å². The van der Waals surface area contributed by atoms with Crippen LogP contribution in [0, 0.1) is 0 Å². The minimum atomic E-state index is 0.505. The Morgan fingerprint density at radius 3 is 2.57 bits per heavy atom. The summed E-state index contributed by atoms with van der Waals surface area (Å²) in [4.78, 5) is 0. The molecule has 2 heteroatoms. The zero-order valence-electron chi connectivity index (χ0n) is 12.5. The zero-order valence-corrected chi connectivity index (χ0v) is 13.2. The van der Waals surface area contributed by atoms with Crippen molar-refractivity contribution in [1.29, 1.82) is 0 Å². The highest BCUT2D eigenvalue weighted by Crippen LogP contribution is 2.38. The number of benzene rings is 2. The lowest BCUT2D eigenvalue weighted by atomic mass is 9.77. The van der Waals surface area contributed by atoms with Gasteiger partial charge in [-0.15, -0.1) is 0 Å². The van der Waals surface area contributed by atoms with Crippen molar-refractivity contribution in [2.45, 2.75) is 31.6 Å². The molecule has 0 amide bonds. The van der Waals surface area contributed by atoms with Gasteiger partial charge in [-0.05, 0) is 54.1 Å². The van der Waals surface area contributed by atoms with Crippen molar-refractivity contribution in [3.05, 3.63) is 70.2 Å². The molecular formula is C19H22ClN. The lowest BCUT2D eigenvalue weighted by Crippen LogP contribution is -2.34. The largest absolute Gasteiger partial charge is 0.316 e. The van der Waals surface area contributed by atoms with Crippen LogP contribution in [-0.2, 0) is 6.42 Å². The Kier molecular flexibility index (Phi) is 4.62. The van der Waals surface area contributed by atoms with E-state index in [4.69, 9.17) is 11.6 Å². The molecule has 21 heavy (non-hydrogen) atoms. The van der Waals surface area contributed by atoms with E-state index in [1.54, 1.807) is 0 Å². The number of hydrogen-bond donors (Lipinski definition) is 1. The van der Waals surface area contributed by atoms with E-state index in [0.717, 1.165) is 24.5 Å². The van der Waals surface area contributed by atoms with Gasteiger partial charge in [0.05, 0.1) is 0 Å². The first-order chi connectivity index (χ1) is 10.3. The second-order valence-corrected chi connectivity index (χ2v) is 6.29. The van der Waals surface area contributed by atoms with Crippen molar-refractivity contribution in [2.24, 2.45) is 0 Å². The van der Waals surface area contributed by atoms with Gasteiger partial charge in [0.25, 0.3) is 0 Å². The molecule has 0 saturated carbocycles. The van der Waals surface area contributed by atoms with Crippen molar-refractivity contribution >= 4 is 11.6 Å².